The fourth-order valence-corrected chi connectivity index (χ4v) is 1.84. The molecule has 0 fully saturated rings. The minimum Gasteiger partial charge on any atom is -0.308 e. The molecule has 2 N–H and O–H groups in total. The lowest BCUT2D eigenvalue weighted by Crippen LogP contribution is -2.20. The van der Waals surface area contributed by atoms with E-state index in [1.54, 1.807) is 24.3 Å². The standard InChI is InChI=1S/C15H12ClFN2O2/c1-9(20)10-2-5-12(6-3-10)18-15(21)19-14-8-11(16)4-7-13(14)17/h2-8H,1H3,(H2,18,19,21). The SMILES string of the molecule is CC(=O)c1ccc(NC(=O)Nc2cc(Cl)ccc2F)cc1. The Bertz CT molecular complexity index is 687. The largest absolute Gasteiger partial charge is 0.323 e. The fourth-order valence-electron chi connectivity index (χ4n) is 1.67. The Morgan fingerprint density at radius 2 is 1.71 bits per heavy atom. The number of rotatable bonds is 3. The molecule has 0 saturated carbocycles. The number of hydrogen-bond acceptors (Lipinski definition) is 2. The van der Waals surface area contributed by atoms with Crippen molar-refractivity contribution < 1.29 is 14.0 Å². The molecule has 21 heavy (non-hydrogen) atoms. The Hall–Kier alpha value is -2.40. The van der Waals surface area contributed by atoms with Gasteiger partial charge in [0.2, 0.25) is 0 Å². The minimum absolute atomic E-state index is 0.0136. The van der Waals surface area contributed by atoms with E-state index in [1.165, 1.54) is 25.1 Å². The summed E-state index contributed by atoms with van der Waals surface area (Å²) in [4.78, 5) is 22.9. The van der Waals surface area contributed by atoms with Gasteiger partial charge in [-0.2, -0.15) is 0 Å². The van der Waals surface area contributed by atoms with Gasteiger partial charge in [0.15, 0.2) is 5.78 Å². The molecule has 4 nitrogen and oxygen atoms in total. The van der Waals surface area contributed by atoms with Crippen molar-refractivity contribution >= 4 is 34.8 Å². The Kier molecular flexibility index (Phi) is 4.55. The summed E-state index contributed by atoms with van der Waals surface area (Å²) >= 11 is 5.74. The van der Waals surface area contributed by atoms with Crippen LogP contribution in [0.1, 0.15) is 17.3 Å². The molecule has 2 aromatic rings. The number of carbonyl (C=O) groups excluding carboxylic acids is 2. The van der Waals surface area contributed by atoms with Crippen LogP contribution in [-0.2, 0) is 0 Å². The van der Waals surface area contributed by atoms with Crippen LogP contribution in [0.2, 0.25) is 5.02 Å². The van der Waals surface area contributed by atoms with E-state index in [-0.39, 0.29) is 11.5 Å². The molecule has 0 aliphatic rings. The van der Waals surface area contributed by atoms with Crippen LogP contribution in [0.3, 0.4) is 0 Å². The molecular formula is C15H12ClFN2O2. The summed E-state index contributed by atoms with van der Waals surface area (Å²) in [6.45, 7) is 1.46. The summed E-state index contributed by atoms with van der Waals surface area (Å²) in [7, 11) is 0. The van der Waals surface area contributed by atoms with Gasteiger partial charge in [-0.15, -0.1) is 0 Å². The van der Waals surface area contributed by atoms with Gasteiger partial charge in [0.1, 0.15) is 5.82 Å². The number of anilines is 2. The van der Waals surface area contributed by atoms with Crippen molar-refractivity contribution in [2.24, 2.45) is 0 Å². The first-order valence-electron chi connectivity index (χ1n) is 6.10. The van der Waals surface area contributed by atoms with Crippen LogP contribution in [-0.4, -0.2) is 11.8 Å². The highest BCUT2D eigenvalue weighted by Crippen LogP contribution is 2.20. The second kappa shape index (κ2) is 6.37. The Labute approximate surface area is 125 Å². The average molecular weight is 307 g/mol. The molecule has 0 radical (unpaired) electrons. The monoisotopic (exact) mass is 306 g/mol. The van der Waals surface area contributed by atoms with Gasteiger partial charge in [-0.1, -0.05) is 11.6 Å². The van der Waals surface area contributed by atoms with Gasteiger partial charge < -0.3 is 10.6 Å². The molecule has 0 aliphatic carbocycles. The Balaban J connectivity index is 2.04. The van der Waals surface area contributed by atoms with Crippen LogP contribution in [0, 0.1) is 5.82 Å². The summed E-state index contributed by atoms with van der Waals surface area (Å²) in [6.07, 6.45) is 0. The summed E-state index contributed by atoms with van der Waals surface area (Å²) < 4.78 is 13.5. The van der Waals surface area contributed by atoms with Crippen LogP contribution >= 0.6 is 11.6 Å². The second-order valence-corrected chi connectivity index (χ2v) is 4.77. The zero-order valence-corrected chi connectivity index (χ0v) is 11.9. The number of amides is 2. The third-order valence-corrected chi connectivity index (χ3v) is 2.96. The molecule has 2 aromatic carbocycles. The van der Waals surface area contributed by atoms with Crippen molar-refractivity contribution in [3.8, 4) is 0 Å². The molecule has 108 valence electrons. The molecule has 2 rings (SSSR count). The quantitative estimate of drug-likeness (QED) is 0.829. The maximum absolute atomic E-state index is 13.5. The molecule has 0 unspecified atom stereocenters. The van der Waals surface area contributed by atoms with Crippen molar-refractivity contribution in [2.45, 2.75) is 6.92 Å². The van der Waals surface area contributed by atoms with Crippen LogP contribution < -0.4 is 10.6 Å². The predicted octanol–water partition coefficient (Wildman–Crippen LogP) is 4.33. The van der Waals surface area contributed by atoms with Gasteiger partial charge in [0, 0.05) is 16.3 Å². The van der Waals surface area contributed by atoms with Crippen molar-refractivity contribution in [3.63, 3.8) is 0 Å². The molecular weight excluding hydrogens is 295 g/mol. The van der Waals surface area contributed by atoms with Crippen LogP contribution in [0.25, 0.3) is 0 Å². The molecule has 0 bridgehead atoms. The highest BCUT2D eigenvalue weighted by Gasteiger charge is 2.08. The van der Waals surface area contributed by atoms with Crippen molar-refractivity contribution in [1.82, 2.24) is 0 Å². The first-order valence-corrected chi connectivity index (χ1v) is 6.47. The van der Waals surface area contributed by atoms with Gasteiger partial charge in [-0.05, 0) is 49.4 Å². The van der Waals surface area contributed by atoms with Crippen molar-refractivity contribution in [2.75, 3.05) is 10.6 Å². The Morgan fingerprint density at radius 1 is 1.05 bits per heavy atom. The number of hydrogen-bond donors (Lipinski definition) is 2. The highest BCUT2D eigenvalue weighted by molar-refractivity contribution is 6.30. The van der Waals surface area contributed by atoms with E-state index in [2.05, 4.69) is 10.6 Å². The van der Waals surface area contributed by atoms with Gasteiger partial charge >= 0.3 is 6.03 Å². The highest BCUT2D eigenvalue weighted by atomic mass is 35.5. The molecule has 0 atom stereocenters. The van der Waals surface area contributed by atoms with E-state index < -0.39 is 11.8 Å². The average Bonchev–Trinajstić information content (AvgIpc) is 2.43. The van der Waals surface area contributed by atoms with E-state index in [4.69, 9.17) is 11.6 Å². The number of halogens is 2. The van der Waals surface area contributed by atoms with Gasteiger partial charge in [0.25, 0.3) is 0 Å². The summed E-state index contributed by atoms with van der Waals surface area (Å²) in [5, 5.41) is 5.21. The molecule has 0 saturated heterocycles. The number of Topliss-reactive ketones (excluding diaryl/α,β-unsaturated/α-hetero) is 1. The summed E-state index contributed by atoms with van der Waals surface area (Å²) in [6, 6.07) is 9.63. The van der Waals surface area contributed by atoms with Crippen LogP contribution in [0.4, 0.5) is 20.6 Å². The van der Waals surface area contributed by atoms with E-state index >= 15 is 0 Å². The molecule has 0 aromatic heterocycles. The van der Waals surface area contributed by atoms with E-state index in [9.17, 15) is 14.0 Å². The number of benzene rings is 2. The first-order chi connectivity index (χ1) is 9.95. The smallest absolute Gasteiger partial charge is 0.308 e. The van der Waals surface area contributed by atoms with Crippen molar-refractivity contribution in [3.05, 3.63) is 58.9 Å². The lowest BCUT2D eigenvalue weighted by atomic mass is 10.1. The van der Waals surface area contributed by atoms with Gasteiger partial charge in [-0.25, -0.2) is 9.18 Å². The normalized spacial score (nSPS) is 10.0. The van der Waals surface area contributed by atoms with Crippen LogP contribution in [0.15, 0.2) is 42.5 Å². The molecule has 0 spiro atoms. The van der Waals surface area contributed by atoms with Gasteiger partial charge in [-0.3, -0.25) is 4.79 Å². The maximum atomic E-state index is 13.5. The zero-order chi connectivity index (χ0) is 15.4. The Morgan fingerprint density at radius 3 is 2.33 bits per heavy atom. The third-order valence-electron chi connectivity index (χ3n) is 2.73. The molecule has 2 amide bonds. The predicted molar refractivity (Wildman–Crippen MR) is 80.5 cm³/mol. The van der Waals surface area contributed by atoms with Crippen LogP contribution in [0.5, 0.6) is 0 Å². The first kappa shape index (κ1) is 15.0. The lowest BCUT2D eigenvalue weighted by Gasteiger charge is -2.09. The van der Waals surface area contributed by atoms with E-state index in [0.717, 1.165) is 0 Å². The number of ketones is 1. The minimum atomic E-state index is -0.605. The number of urea groups is 1. The molecule has 6 heteroatoms. The third kappa shape index (κ3) is 4.03. The summed E-state index contributed by atoms with van der Waals surface area (Å²) in [5.41, 5.74) is 1.02. The number of nitrogens with one attached hydrogen (secondary N) is 2. The number of carbonyl (C=O) groups is 2. The fraction of sp³-hybridized carbons (Fsp3) is 0.0667. The van der Waals surface area contributed by atoms with E-state index in [1.807, 2.05) is 0 Å². The van der Waals surface area contributed by atoms with Crippen molar-refractivity contribution in [1.29, 1.82) is 0 Å². The molecule has 0 aliphatic heterocycles. The zero-order valence-electron chi connectivity index (χ0n) is 11.1. The summed E-state index contributed by atoms with van der Waals surface area (Å²) in [5.74, 6) is -0.645. The lowest BCUT2D eigenvalue weighted by molar-refractivity contribution is 0.101. The molecule has 0 heterocycles. The maximum Gasteiger partial charge on any atom is 0.323 e. The second-order valence-electron chi connectivity index (χ2n) is 4.34. The topological polar surface area (TPSA) is 58.2 Å². The van der Waals surface area contributed by atoms with E-state index in [0.29, 0.717) is 16.3 Å². The van der Waals surface area contributed by atoms with Gasteiger partial charge in [0.05, 0.1) is 5.69 Å².